The van der Waals surface area contributed by atoms with Crippen LogP contribution in [0.4, 0.5) is 5.69 Å². The van der Waals surface area contributed by atoms with Crippen molar-refractivity contribution in [2.75, 3.05) is 5.32 Å². The smallest absolute Gasteiger partial charge is 0.260 e. The van der Waals surface area contributed by atoms with Crippen LogP contribution in [0.1, 0.15) is 44.9 Å². The van der Waals surface area contributed by atoms with Crippen LogP contribution in [0.2, 0.25) is 5.15 Å². The van der Waals surface area contributed by atoms with E-state index < -0.39 is 21.6 Å². The van der Waals surface area contributed by atoms with Gasteiger partial charge in [-0.2, -0.15) is 5.10 Å². The Bertz CT molecular complexity index is 1620. The second-order valence-electron chi connectivity index (χ2n) is 9.82. The van der Waals surface area contributed by atoms with Crippen molar-refractivity contribution >= 4 is 38.3 Å². The molecule has 1 atom stereocenters. The average Bonchev–Trinajstić information content (AvgIpc) is 3.19. The highest BCUT2D eigenvalue weighted by Gasteiger charge is 2.27. The number of aromatic nitrogens is 3. The minimum absolute atomic E-state index is 0.0515. The van der Waals surface area contributed by atoms with Gasteiger partial charge in [-0.05, 0) is 58.4 Å². The minimum Gasteiger partial charge on any atom is -0.455 e. The first-order chi connectivity index (χ1) is 16.7. The lowest BCUT2D eigenvalue weighted by Crippen LogP contribution is -2.41. The highest BCUT2D eigenvalue weighted by molar-refractivity contribution is 7.89. The lowest BCUT2D eigenvalue weighted by Gasteiger charge is -2.23. The number of hydrogen-bond acceptors (Lipinski definition) is 7. The lowest BCUT2D eigenvalue weighted by atomic mass is 10.0. The van der Waals surface area contributed by atoms with Crippen LogP contribution < -0.4 is 15.5 Å². The van der Waals surface area contributed by atoms with Crippen LogP contribution in [-0.2, 0) is 17.1 Å². The van der Waals surface area contributed by atoms with Crippen molar-refractivity contribution in [3.05, 3.63) is 69.2 Å². The molecular weight excluding hydrogens is 502 g/mol. The number of rotatable bonds is 6. The molecule has 190 valence electrons. The molecule has 0 unspecified atom stereocenters. The first-order valence-corrected chi connectivity index (χ1v) is 13.1. The topological polar surface area (TPSA) is 119 Å². The molecular formula is C25H28ClN5O4S. The Balaban J connectivity index is 1.82. The number of hydrogen-bond donors (Lipinski definition) is 2. The second-order valence-corrected chi connectivity index (χ2v) is 11.8. The number of benzene rings is 1. The van der Waals surface area contributed by atoms with Gasteiger partial charge in [-0.3, -0.25) is 9.48 Å². The fourth-order valence-corrected chi connectivity index (χ4v) is 5.68. The van der Waals surface area contributed by atoms with Gasteiger partial charge in [0.15, 0.2) is 10.5 Å². The molecule has 2 N–H and O–H groups in total. The highest BCUT2D eigenvalue weighted by Crippen LogP contribution is 2.32. The van der Waals surface area contributed by atoms with E-state index in [0.717, 1.165) is 5.56 Å². The van der Waals surface area contributed by atoms with Crippen LogP contribution in [0.5, 0.6) is 0 Å². The van der Waals surface area contributed by atoms with E-state index in [9.17, 15) is 13.2 Å². The summed E-state index contributed by atoms with van der Waals surface area (Å²) in [7, 11) is -2.21. The van der Waals surface area contributed by atoms with Gasteiger partial charge in [0.2, 0.25) is 0 Å². The van der Waals surface area contributed by atoms with Crippen molar-refractivity contribution < 1.29 is 12.8 Å². The van der Waals surface area contributed by atoms with Crippen molar-refractivity contribution in [1.29, 1.82) is 0 Å². The minimum atomic E-state index is -3.99. The number of fused-ring (bicyclic) bond motifs is 1. The number of nitrogens with one attached hydrogen (secondary N) is 2. The van der Waals surface area contributed by atoms with Crippen molar-refractivity contribution in [1.82, 2.24) is 19.5 Å². The monoisotopic (exact) mass is 529 g/mol. The Kier molecular flexibility index (Phi) is 6.72. The summed E-state index contributed by atoms with van der Waals surface area (Å²) in [5.74, 6) is 0.392. The number of anilines is 1. The van der Waals surface area contributed by atoms with Crippen LogP contribution in [0, 0.1) is 6.92 Å². The maximum Gasteiger partial charge on any atom is 0.260 e. The molecule has 0 bridgehead atoms. The van der Waals surface area contributed by atoms with E-state index in [4.69, 9.17) is 16.0 Å². The van der Waals surface area contributed by atoms with Gasteiger partial charge in [-0.15, -0.1) is 0 Å². The van der Waals surface area contributed by atoms with Crippen LogP contribution in [-0.4, -0.2) is 28.7 Å². The van der Waals surface area contributed by atoms with Gasteiger partial charge in [-0.1, -0.05) is 17.7 Å². The lowest BCUT2D eigenvalue weighted by molar-refractivity contribution is 0.490. The van der Waals surface area contributed by atoms with Crippen molar-refractivity contribution in [3.8, 4) is 11.3 Å². The van der Waals surface area contributed by atoms with Crippen LogP contribution in [0.25, 0.3) is 22.3 Å². The summed E-state index contributed by atoms with van der Waals surface area (Å²) in [6.45, 7) is 8.97. The van der Waals surface area contributed by atoms with E-state index in [1.54, 1.807) is 57.0 Å². The maximum atomic E-state index is 13.1. The SMILES string of the molecule is Cc1cc([C@@H](C)Nc2ccc(Cl)nc2S(=O)(=O)NC(C)(C)C)c2oc(-c3cnn(C)c3)cc(=O)c2c1. The Morgan fingerprint density at radius 2 is 1.89 bits per heavy atom. The normalized spacial score (nSPS) is 13.2. The van der Waals surface area contributed by atoms with Crippen molar-refractivity contribution in [2.24, 2.45) is 7.05 Å². The van der Waals surface area contributed by atoms with E-state index in [1.165, 1.54) is 12.1 Å². The number of halogens is 1. The third kappa shape index (κ3) is 5.45. The molecule has 0 amide bonds. The van der Waals surface area contributed by atoms with Gasteiger partial charge in [0, 0.05) is 30.4 Å². The molecule has 0 aliphatic rings. The molecule has 0 aliphatic heterocycles. The zero-order valence-electron chi connectivity index (χ0n) is 20.9. The molecule has 4 aromatic rings. The number of sulfonamides is 1. The zero-order chi connectivity index (χ0) is 26.4. The predicted octanol–water partition coefficient (Wildman–Crippen LogP) is 4.80. The molecule has 9 nitrogen and oxygen atoms in total. The van der Waals surface area contributed by atoms with E-state index in [2.05, 4.69) is 20.1 Å². The van der Waals surface area contributed by atoms with Gasteiger partial charge >= 0.3 is 0 Å². The first-order valence-electron chi connectivity index (χ1n) is 11.3. The summed E-state index contributed by atoms with van der Waals surface area (Å²) in [5.41, 5.74) is 2.00. The Morgan fingerprint density at radius 1 is 1.17 bits per heavy atom. The largest absolute Gasteiger partial charge is 0.455 e. The van der Waals surface area contributed by atoms with E-state index in [1.807, 2.05) is 19.9 Å². The number of aryl methyl sites for hydroxylation is 2. The summed E-state index contributed by atoms with van der Waals surface area (Å²) in [6.07, 6.45) is 3.39. The summed E-state index contributed by atoms with van der Waals surface area (Å²) >= 11 is 6.05. The molecule has 0 aliphatic carbocycles. The van der Waals surface area contributed by atoms with Crippen molar-refractivity contribution in [3.63, 3.8) is 0 Å². The fourth-order valence-electron chi connectivity index (χ4n) is 3.94. The van der Waals surface area contributed by atoms with E-state index in [0.29, 0.717) is 27.9 Å². The fraction of sp³-hybridized carbons (Fsp3) is 0.320. The van der Waals surface area contributed by atoms with E-state index >= 15 is 0 Å². The van der Waals surface area contributed by atoms with Gasteiger partial charge in [0.1, 0.15) is 16.5 Å². The summed E-state index contributed by atoms with van der Waals surface area (Å²) < 4.78 is 36.7. The van der Waals surface area contributed by atoms with E-state index in [-0.39, 0.29) is 21.3 Å². The van der Waals surface area contributed by atoms with Crippen LogP contribution in [0.15, 0.2) is 57.0 Å². The molecule has 0 spiro atoms. The zero-order valence-corrected chi connectivity index (χ0v) is 22.5. The predicted molar refractivity (Wildman–Crippen MR) is 141 cm³/mol. The molecule has 0 radical (unpaired) electrons. The standard InChI is InChI=1S/C25H28ClN5O4S/c1-14-9-17(23-18(10-14)20(32)11-21(35-23)16-12-27-31(6)13-16)15(2)28-19-7-8-22(26)29-24(19)36(33,34)30-25(3,4)5/h7-13,15,28,30H,1-6H3/t15-/m1/s1. The Labute approximate surface area is 214 Å². The van der Waals surface area contributed by atoms with Crippen LogP contribution >= 0.6 is 11.6 Å². The summed E-state index contributed by atoms with van der Waals surface area (Å²) in [6, 6.07) is 7.76. The van der Waals surface area contributed by atoms with Gasteiger partial charge in [0.25, 0.3) is 10.0 Å². The Morgan fingerprint density at radius 3 is 2.53 bits per heavy atom. The number of pyridine rings is 1. The molecule has 1 aromatic carbocycles. The summed E-state index contributed by atoms with van der Waals surface area (Å²) in [4.78, 5) is 17.1. The molecule has 11 heteroatoms. The summed E-state index contributed by atoms with van der Waals surface area (Å²) in [5, 5.41) is 7.65. The van der Waals surface area contributed by atoms with Gasteiger partial charge in [0.05, 0.1) is 28.9 Å². The molecule has 4 rings (SSSR count). The average molecular weight is 530 g/mol. The van der Waals surface area contributed by atoms with Gasteiger partial charge in [-0.25, -0.2) is 18.1 Å². The van der Waals surface area contributed by atoms with Crippen molar-refractivity contribution in [2.45, 2.75) is 51.2 Å². The third-order valence-electron chi connectivity index (χ3n) is 5.35. The molecule has 3 heterocycles. The Hall–Kier alpha value is -3.21. The molecule has 36 heavy (non-hydrogen) atoms. The first kappa shape index (κ1) is 25.9. The van der Waals surface area contributed by atoms with Gasteiger partial charge < -0.3 is 9.73 Å². The second kappa shape index (κ2) is 9.34. The molecule has 0 saturated carbocycles. The van der Waals surface area contributed by atoms with Crippen LogP contribution in [0.3, 0.4) is 0 Å². The highest BCUT2D eigenvalue weighted by atomic mass is 35.5. The third-order valence-corrected chi connectivity index (χ3v) is 7.26. The molecule has 0 saturated heterocycles. The maximum absolute atomic E-state index is 13.1. The number of nitrogens with zero attached hydrogens (tertiary/aromatic N) is 3. The molecule has 3 aromatic heterocycles. The quantitative estimate of drug-likeness (QED) is 0.344. The molecule has 0 fully saturated rings.